The Hall–Kier alpha value is -2.26. The third-order valence-electron chi connectivity index (χ3n) is 3.27. The van der Waals surface area contributed by atoms with Gasteiger partial charge in [0.1, 0.15) is 12.6 Å². The van der Waals surface area contributed by atoms with E-state index >= 15 is 0 Å². The monoisotopic (exact) mass is 321 g/mol. The molecule has 2 aromatic rings. The summed E-state index contributed by atoms with van der Waals surface area (Å²) in [5, 5.41) is 16.6. The first-order chi connectivity index (χ1) is 10.7. The molecule has 0 spiro atoms. The molecule has 3 heterocycles. The van der Waals surface area contributed by atoms with Gasteiger partial charge >= 0.3 is 5.97 Å². The topological polar surface area (TPSA) is 91.2 Å². The zero-order valence-electron chi connectivity index (χ0n) is 12.1. The number of fused-ring (bicyclic) bond motifs is 1. The Balaban J connectivity index is 1.96. The predicted octanol–water partition coefficient (Wildman–Crippen LogP) is 1.21. The summed E-state index contributed by atoms with van der Waals surface area (Å²) in [6.07, 6.45) is 0. The number of hydrogen-bond donors (Lipinski definition) is 1. The molecule has 1 aliphatic heterocycles. The lowest BCUT2D eigenvalue weighted by Gasteiger charge is -2.26. The second-order valence-electron chi connectivity index (χ2n) is 4.66. The van der Waals surface area contributed by atoms with Crippen LogP contribution in [0.15, 0.2) is 28.8 Å². The highest BCUT2D eigenvalue weighted by molar-refractivity contribution is 7.10. The van der Waals surface area contributed by atoms with Crippen molar-refractivity contribution in [2.75, 3.05) is 25.6 Å². The van der Waals surface area contributed by atoms with Crippen molar-refractivity contribution in [1.82, 2.24) is 20.2 Å². The smallest absolute Gasteiger partial charge is 0.338 e. The van der Waals surface area contributed by atoms with Gasteiger partial charge in [-0.15, -0.1) is 11.3 Å². The SMILES string of the molecule is COCCOC(=O)C1=C(C)Nc2nnnn2[C@H]1c1cccs1. The van der Waals surface area contributed by atoms with E-state index in [0.29, 0.717) is 23.8 Å². The minimum atomic E-state index is -0.401. The Morgan fingerprint density at radius 3 is 3.09 bits per heavy atom. The van der Waals surface area contributed by atoms with Crippen molar-refractivity contribution >= 4 is 23.3 Å². The van der Waals surface area contributed by atoms with Crippen LogP contribution >= 0.6 is 11.3 Å². The summed E-state index contributed by atoms with van der Waals surface area (Å²) in [4.78, 5) is 13.4. The van der Waals surface area contributed by atoms with Gasteiger partial charge in [-0.3, -0.25) is 0 Å². The Morgan fingerprint density at radius 2 is 2.36 bits per heavy atom. The lowest BCUT2D eigenvalue weighted by atomic mass is 10.0. The van der Waals surface area contributed by atoms with Crippen molar-refractivity contribution in [2.45, 2.75) is 13.0 Å². The number of tetrazole rings is 1. The average molecular weight is 321 g/mol. The minimum absolute atomic E-state index is 0.200. The molecule has 116 valence electrons. The van der Waals surface area contributed by atoms with Gasteiger partial charge < -0.3 is 14.8 Å². The molecule has 0 saturated heterocycles. The van der Waals surface area contributed by atoms with Crippen LogP contribution in [0.1, 0.15) is 17.8 Å². The molecule has 0 amide bonds. The molecule has 0 radical (unpaired) electrons. The van der Waals surface area contributed by atoms with E-state index in [1.807, 2.05) is 24.4 Å². The number of esters is 1. The maximum Gasteiger partial charge on any atom is 0.338 e. The number of hydrogen-bond acceptors (Lipinski definition) is 8. The Labute approximate surface area is 130 Å². The lowest BCUT2D eigenvalue weighted by molar-refractivity contribution is -0.140. The van der Waals surface area contributed by atoms with Crippen LogP contribution in [0.3, 0.4) is 0 Å². The predicted molar refractivity (Wildman–Crippen MR) is 79.4 cm³/mol. The number of rotatable bonds is 5. The molecule has 3 rings (SSSR count). The van der Waals surface area contributed by atoms with E-state index in [9.17, 15) is 4.79 Å². The standard InChI is InChI=1S/C13H15N5O3S/c1-8-10(12(19)21-6-5-20-2)11(9-4-3-7-22-9)18-13(14-8)15-16-17-18/h3-4,7,11H,5-6H2,1-2H3,(H,14,15,17)/t11-/m0/s1. The third-order valence-corrected chi connectivity index (χ3v) is 4.19. The maximum absolute atomic E-state index is 12.5. The van der Waals surface area contributed by atoms with Crippen LogP contribution in [0.5, 0.6) is 0 Å². The van der Waals surface area contributed by atoms with E-state index in [-0.39, 0.29) is 12.6 Å². The van der Waals surface area contributed by atoms with Crippen LogP contribution in [-0.4, -0.2) is 46.5 Å². The number of carbonyl (C=O) groups is 1. The number of nitrogens with zero attached hydrogens (tertiary/aromatic N) is 4. The molecule has 2 aromatic heterocycles. The van der Waals surface area contributed by atoms with E-state index in [2.05, 4.69) is 20.8 Å². The molecule has 1 atom stereocenters. The summed E-state index contributed by atoms with van der Waals surface area (Å²) >= 11 is 1.54. The van der Waals surface area contributed by atoms with Gasteiger partial charge in [0.2, 0.25) is 5.95 Å². The number of nitrogens with one attached hydrogen (secondary N) is 1. The Kier molecular flexibility index (Phi) is 4.16. The number of carbonyl (C=O) groups excluding carboxylic acids is 1. The van der Waals surface area contributed by atoms with Crippen LogP contribution in [0.25, 0.3) is 0 Å². The Bertz CT molecular complexity index is 694. The molecule has 0 fully saturated rings. The summed E-state index contributed by atoms with van der Waals surface area (Å²) < 4.78 is 11.8. The number of methoxy groups -OCH3 is 1. The zero-order chi connectivity index (χ0) is 15.5. The second-order valence-corrected chi connectivity index (χ2v) is 5.64. The number of thiophene rings is 1. The van der Waals surface area contributed by atoms with Gasteiger partial charge in [0, 0.05) is 17.7 Å². The fraction of sp³-hybridized carbons (Fsp3) is 0.385. The average Bonchev–Trinajstić information content (AvgIpc) is 3.16. The van der Waals surface area contributed by atoms with Crippen LogP contribution in [0.4, 0.5) is 5.95 Å². The minimum Gasteiger partial charge on any atom is -0.460 e. The van der Waals surface area contributed by atoms with Gasteiger partial charge in [-0.05, 0) is 28.8 Å². The van der Waals surface area contributed by atoms with Crippen molar-refractivity contribution in [3.05, 3.63) is 33.7 Å². The van der Waals surface area contributed by atoms with Crippen molar-refractivity contribution in [3.8, 4) is 0 Å². The number of anilines is 1. The van der Waals surface area contributed by atoms with Crippen molar-refractivity contribution in [1.29, 1.82) is 0 Å². The quantitative estimate of drug-likeness (QED) is 0.654. The number of aromatic nitrogens is 4. The summed E-state index contributed by atoms with van der Waals surface area (Å²) in [6.45, 7) is 2.36. The highest BCUT2D eigenvalue weighted by Crippen LogP contribution is 2.36. The summed E-state index contributed by atoms with van der Waals surface area (Å²) in [7, 11) is 1.56. The van der Waals surface area contributed by atoms with Crippen molar-refractivity contribution in [3.63, 3.8) is 0 Å². The molecule has 0 saturated carbocycles. The van der Waals surface area contributed by atoms with E-state index in [0.717, 1.165) is 4.88 Å². The van der Waals surface area contributed by atoms with E-state index in [1.54, 1.807) is 11.8 Å². The highest BCUT2D eigenvalue weighted by Gasteiger charge is 2.35. The first-order valence-electron chi connectivity index (χ1n) is 6.67. The molecule has 22 heavy (non-hydrogen) atoms. The molecule has 0 unspecified atom stereocenters. The van der Waals surface area contributed by atoms with E-state index in [1.165, 1.54) is 11.3 Å². The molecule has 0 aliphatic carbocycles. The highest BCUT2D eigenvalue weighted by atomic mass is 32.1. The molecule has 8 nitrogen and oxygen atoms in total. The normalized spacial score (nSPS) is 17.1. The van der Waals surface area contributed by atoms with Crippen LogP contribution in [0, 0.1) is 0 Å². The molecule has 0 aromatic carbocycles. The number of allylic oxidation sites excluding steroid dienone is 1. The number of ether oxygens (including phenoxy) is 2. The molecule has 1 N–H and O–H groups in total. The summed E-state index contributed by atoms with van der Waals surface area (Å²) in [5.41, 5.74) is 1.18. The summed E-state index contributed by atoms with van der Waals surface area (Å²) in [6, 6.07) is 3.48. The van der Waals surface area contributed by atoms with Crippen LogP contribution in [-0.2, 0) is 14.3 Å². The van der Waals surface area contributed by atoms with Crippen LogP contribution < -0.4 is 5.32 Å². The molecular weight excluding hydrogens is 306 g/mol. The Morgan fingerprint density at radius 1 is 1.50 bits per heavy atom. The van der Waals surface area contributed by atoms with Gasteiger partial charge in [0.15, 0.2) is 0 Å². The molecular formula is C13H15N5O3S. The van der Waals surface area contributed by atoms with Gasteiger partial charge in [-0.2, -0.15) is 4.68 Å². The van der Waals surface area contributed by atoms with Crippen molar-refractivity contribution in [2.24, 2.45) is 0 Å². The summed E-state index contributed by atoms with van der Waals surface area (Å²) in [5.74, 6) is 0.103. The van der Waals surface area contributed by atoms with Crippen LogP contribution in [0.2, 0.25) is 0 Å². The lowest BCUT2D eigenvalue weighted by Crippen LogP contribution is -2.29. The fourth-order valence-electron chi connectivity index (χ4n) is 2.28. The first kappa shape index (κ1) is 14.7. The first-order valence-corrected chi connectivity index (χ1v) is 7.55. The largest absolute Gasteiger partial charge is 0.460 e. The molecule has 0 bridgehead atoms. The fourth-order valence-corrected chi connectivity index (χ4v) is 3.10. The van der Waals surface area contributed by atoms with E-state index < -0.39 is 5.97 Å². The maximum atomic E-state index is 12.5. The molecule has 1 aliphatic rings. The van der Waals surface area contributed by atoms with Crippen molar-refractivity contribution < 1.29 is 14.3 Å². The molecule has 9 heteroatoms. The van der Waals surface area contributed by atoms with Gasteiger partial charge in [0.25, 0.3) is 0 Å². The second kappa shape index (κ2) is 6.24. The van der Waals surface area contributed by atoms with E-state index in [4.69, 9.17) is 9.47 Å². The third kappa shape index (κ3) is 2.60. The van der Waals surface area contributed by atoms with Gasteiger partial charge in [-0.25, -0.2) is 4.79 Å². The van der Waals surface area contributed by atoms with Gasteiger partial charge in [-0.1, -0.05) is 11.2 Å². The van der Waals surface area contributed by atoms with Gasteiger partial charge in [0.05, 0.1) is 12.2 Å². The zero-order valence-corrected chi connectivity index (χ0v) is 13.0.